The van der Waals surface area contributed by atoms with Crippen molar-refractivity contribution in [2.45, 2.75) is 65.5 Å². The summed E-state index contributed by atoms with van der Waals surface area (Å²) < 4.78 is 24.9. The Morgan fingerprint density at radius 1 is 0.906 bits per heavy atom. The van der Waals surface area contributed by atoms with Gasteiger partial charge in [-0.15, -0.1) is 0 Å². The van der Waals surface area contributed by atoms with Gasteiger partial charge >= 0.3 is 0 Å². The second-order valence-electron chi connectivity index (χ2n) is 16.2. The van der Waals surface area contributed by atoms with E-state index in [4.69, 9.17) is 29.5 Å². The molecule has 4 heterocycles. The lowest BCUT2D eigenvalue weighted by Gasteiger charge is -2.25. The van der Waals surface area contributed by atoms with E-state index in [0.29, 0.717) is 59.8 Å². The molecule has 2 fully saturated rings. The molecule has 16 heteroatoms. The van der Waals surface area contributed by atoms with Crippen molar-refractivity contribution < 1.29 is 42.9 Å². The lowest BCUT2D eigenvalue weighted by Crippen LogP contribution is -2.47. The quantitative estimate of drug-likeness (QED) is 0.103. The molecule has 0 radical (unpaired) electrons. The van der Waals surface area contributed by atoms with E-state index in [-0.39, 0.29) is 48.8 Å². The number of amides is 4. The number of ether oxygens (including phenoxy) is 4. The third-order valence-corrected chi connectivity index (χ3v) is 12.2. The molecule has 0 spiro atoms. The van der Waals surface area contributed by atoms with E-state index in [1.165, 1.54) is 12.1 Å². The predicted octanol–water partition coefficient (Wildman–Crippen LogP) is 5.11. The standard InChI is InChI=1S/C45H54N6O9.C2H6.CH2O/c1-6-7-38(42(46)53)51-44(55)33-9-8-31(20-34(33)45(51)56)60-15-14-59-13-11-41(52)50-23-29-16-27(17-30(29)24-50)22-48(2)25-37-39(57-4)18-28(19-40(37)58-5)36-26-49(3)43(54)35-21-47-12-10-32(35)36;2*1-2/h8-10,12,18-21,26-27,29-30,38H,6-7,11,13-17,22-25H2,1-5H3,(H2,46,53);1-2H3;1H2/t27?,29-,30?,38?;;/m0../s1. The number of imide groups is 1. The van der Waals surface area contributed by atoms with Crippen LogP contribution in [0.1, 0.15) is 79.2 Å². The lowest BCUT2D eigenvalue weighted by atomic mass is 9.98. The van der Waals surface area contributed by atoms with Crippen molar-refractivity contribution in [2.24, 2.45) is 30.5 Å². The van der Waals surface area contributed by atoms with Crippen molar-refractivity contribution in [2.75, 3.05) is 60.7 Å². The second-order valence-corrected chi connectivity index (χ2v) is 16.2. The molecule has 64 heavy (non-hydrogen) atoms. The molecule has 2 aliphatic heterocycles. The van der Waals surface area contributed by atoms with Gasteiger partial charge in [0.2, 0.25) is 11.8 Å². The number of pyridine rings is 2. The highest BCUT2D eigenvalue weighted by Gasteiger charge is 2.43. The Kier molecular flexibility index (Phi) is 17.2. The SMILES string of the molecule is C=O.CC.CCCC(C(N)=O)N1C(=O)c2ccc(OCCOCCC(=O)N3CC4CC(CN(C)Cc5c(OC)cc(-c6cn(C)c(=O)c7cnccc67)cc5OC)C[C@H]4C3)cc2C1=O. The number of aryl methyl sites for hydroxylation is 1. The highest BCUT2D eigenvalue weighted by atomic mass is 16.5. The normalized spacial score (nSPS) is 17.9. The number of nitrogens with two attached hydrogens (primary N) is 1. The Morgan fingerprint density at radius 2 is 1.56 bits per heavy atom. The van der Waals surface area contributed by atoms with Gasteiger partial charge < -0.3 is 43.8 Å². The summed E-state index contributed by atoms with van der Waals surface area (Å²) in [6.45, 7) is 11.6. The molecule has 4 amide bonds. The number of carbonyl (C=O) groups is 5. The molecule has 1 aliphatic carbocycles. The largest absolute Gasteiger partial charge is 0.496 e. The van der Waals surface area contributed by atoms with Crippen LogP contribution in [-0.4, -0.2) is 121 Å². The number of fused-ring (bicyclic) bond motifs is 3. The Labute approximate surface area is 374 Å². The zero-order valence-corrected chi connectivity index (χ0v) is 38.1. The average molecular weight is 883 g/mol. The molecule has 0 bridgehead atoms. The van der Waals surface area contributed by atoms with Crippen LogP contribution in [0.2, 0.25) is 0 Å². The Morgan fingerprint density at radius 3 is 2.19 bits per heavy atom. The fraction of sp³-hybridized carbons (Fsp3) is 0.479. The molecule has 2 N–H and O–H groups in total. The summed E-state index contributed by atoms with van der Waals surface area (Å²) in [7, 11) is 7.18. The third kappa shape index (κ3) is 10.6. The molecular weight excluding hydrogens is 821 g/mol. The monoisotopic (exact) mass is 882 g/mol. The second kappa shape index (κ2) is 22.5. The van der Waals surface area contributed by atoms with Gasteiger partial charge in [-0.1, -0.05) is 27.2 Å². The molecule has 7 rings (SSSR count). The summed E-state index contributed by atoms with van der Waals surface area (Å²) in [4.78, 5) is 81.2. The van der Waals surface area contributed by atoms with Crippen molar-refractivity contribution >= 4 is 41.2 Å². The van der Waals surface area contributed by atoms with E-state index in [1.807, 2.05) is 56.9 Å². The topological polar surface area (TPSA) is 193 Å². The molecule has 16 nitrogen and oxygen atoms in total. The summed E-state index contributed by atoms with van der Waals surface area (Å²) in [6.07, 6.45) is 8.44. The minimum absolute atomic E-state index is 0.0905. The number of carbonyl (C=O) groups excluding carboxylic acids is 5. The molecule has 2 aromatic heterocycles. The molecule has 1 saturated heterocycles. The fourth-order valence-corrected chi connectivity index (χ4v) is 9.31. The van der Waals surface area contributed by atoms with E-state index in [0.717, 1.165) is 59.5 Å². The van der Waals surface area contributed by atoms with E-state index < -0.39 is 23.8 Å². The first-order valence-electron chi connectivity index (χ1n) is 21.9. The molecule has 344 valence electrons. The first-order chi connectivity index (χ1) is 30.9. The fourth-order valence-electron chi connectivity index (χ4n) is 9.31. The summed E-state index contributed by atoms with van der Waals surface area (Å²) in [5.74, 6) is 1.58. The zero-order chi connectivity index (χ0) is 46.7. The van der Waals surface area contributed by atoms with Crippen LogP contribution in [0.5, 0.6) is 17.2 Å². The summed E-state index contributed by atoms with van der Waals surface area (Å²) in [6, 6.07) is 9.51. The van der Waals surface area contributed by atoms with Gasteiger partial charge in [-0.2, -0.15) is 0 Å². The lowest BCUT2D eigenvalue weighted by molar-refractivity contribution is -0.131. The highest BCUT2D eigenvalue weighted by Crippen LogP contribution is 2.43. The van der Waals surface area contributed by atoms with Crippen LogP contribution in [0, 0.1) is 17.8 Å². The first-order valence-corrected chi connectivity index (χ1v) is 21.9. The number of likely N-dealkylation sites (tertiary alicyclic amines) is 1. The van der Waals surface area contributed by atoms with Crippen molar-refractivity contribution in [1.29, 1.82) is 0 Å². The number of aromatic nitrogens is 2. The van der Waals surface area contributed by atoms with Gasteiger partial charge in [0.15, 0.2) is 0 Å². The number of primary amides is 1. The van der Waals surface area contributed by atoms with Gasteiger partial charge in [0.1, 0.15) is 36.7 Å². The van der Waals surface area contributed by atoms with Crippen LogP contribution in [0.3, 0.4) is 0 Å². The van der Waals surface area contributed by atoms with Gasteiger partial charge in [-0.25, -0.2) is 0 Å². The van der Waals surface area contributed by atoms with Gasteiger partial charge in [0.25, 0.3) is 17.4 Å². The maximum atomic E-state index is 13.1. The molecule has 4 aromatic rings. The molecule has 2 aromatic carbocycles. The van der Waals surface area contributed by atoms with E-state index >= 15 is 0 Å². The number of benzene rings is 2. The van der Waals surface area contributed by atoms with Crippen LogP contribution in [0.4, 0.5) is 0 Å². The van der Waals surface area contributed by atoms with E-state index in [9.17, 15) is 24.0 Å². The Bertz CT molecular complexity index is 2330. The molecular formula is C48H62N6O10. The Hall–Kier alpha value is -6.13. The summed E-state index contributed by atoms with van der Waals surface area (Å²) in [5.41, 5.74) is 8.51. The van der Waals surface area contributed by atoms with Crippen molar-refractivity contribution in [3.8, 4) is 28.4 Å². The predicted molar refractivity (Wildman–Crippen MR) is 242 cm³/mol. The summed E-state index contributed by atoms with van der Waals surface area (Å²) >= 11 is 0. The molecule has 3 unspecified atom stereocenters. The highest BCUT2D eigenvalue weighted by molar-refractivity contribution is 6.23. The number of nitrogens with zero attached hydrogens (tertiary/aromatic N) is 5. The maximum absolute atomic E-state index is 13.1. The van der Waals surface area contributed by atoms with Gasteiger partial charge in [0, 0.05) is 57.4 Å². The maximum Gasteiger partial charge on any atom is 0.262 e. The van der Waals surface area contributed by atoms with Crippen LogP contribution >= 0.6 is 0 Å². The minimum Gasteiger partial charge on any atom is -0.496 e. The van der Waals surface area contributed by atoms with Crippen molar-refractivity contribution in [3.05, 3.63) is 82.0 Å². The molecule has 3 aliphatic rings. The number of methoxy groups -OCH3 is 2. The van der Waals surface area contributed by atoms with Gasteiger partial charge in [-0.05, 0) is 91.4 Å². The molecule has 4 atom stereocenters. The summed E-state index contributed by atoms with van der Waals surface area (Å²) in [5, 5.41) is 1.37. The van der Waals surface area contributed by atoms with Crippen molar-refractivity contribution in [3.63, 3.8) is 0 Å². The number of hydrogen-bond acceptors (Lipinski definition) is 12. The minimum atomic E-state index is -0.993. The molecule has 1 saturated carbocycles. The van der Waals surface area contributed by atoms with Crippen LogP contribution in [0.15, 0.2) is 59.8 Å². The third-order valence-electron chi connectivity index (χ3n) is 12.2. The average Bonchev–Trinajstić information content (AvgIpc) is 3.95. The van der Waals surface area contributed by atoms with Crippen molar-refractivity contribution in [1.82, 2.24) is 24.3 Å². The van der Waals surface area contributed by atoms with E-state index in [1.54, 1.807) is 44.3 Å². The van der Waals surface area contributed by atoms with Crippen LogP contribution in [0.25, 0.3) is 21.9 Å². The smallest absolute Gasteiger partial charge is 0.262 e. The van der Waals surface area contributed by atoms with Gasteiger partial charge in [0.05, 0.1) is 55.9 Å². The first kappa shape index (κ1) is 48.9. The van der Waals surface area contributed by atoms with Gasteiger partial charge in [-0.3, -0.25) is 33.9 Å². The number of hydrogen-bond donors (Lipinski definition) is 1. The van der Waals surface area contributed by atoms with Crippen LogP contribution in [-0.2, 0) is 32.7 Å². The number of rotatable bonds is 18. The van der Waals surface area contributed by atoms with Crippen LogP contribution < -0.4 is 25.5 Å². The Balaban J connectivity index is 0.00000187. The van der Waals surface area contributed by atoms with E-state index in [2.05, 4.69) is 16.9 Å². The zero-order valence-electron chi connectivity index (χ0n) is 38.1.